The van der Waals surface area contributed by atoms with E-state index in [1.807, 2.05) is 6.92 Å². The van der Waals surface area contributed by atoms with Crippen LogP contribution in [0.4, 0.5) is 8.78 Å². The summed E-state index contributed by atoms with van der Waals surface area (Å²) in [4.78, 5) is 3.86. The molecule has 0 fully saturated rings. The van der Waals surface area contributed by atoms with Crippen LogP contribution in [0, 0.1) is 5.92 Å². The van der Waals surface area contributed by atoms with Crippen LogP contribution in [-0.4, -0.2) is 23.6 Å². The molecule has 0 spiro atoms. The van der Waals surface area contributed by atoms with Crippen LogP contribution in [0.3, 0.4) is 0 Å². The Morgan fingerprint density at radius 1 is 1.36 bits per heavy atom. The number of nitrogens with one attached hydrogen (secondary N) is 1. The van der Waals surface area contributed by atoms with E-state index >= 15 is 0 Å². The van der Waals surface area contributed by atoms with E-state index in [0.717, 1.165) is 6.42 Å². The third kappa shape index (κ3) is 4.70. The van der Waals surface area contributed by atoms with E-state index in [2.05, 4.69) is 24.1 Å². The molecule has 1 aliphatic rings. The molecule has 0 aliphatic carbocycles. The molecule has 0 saturated heterocycles. The van der Waals surface area contributed by atoms with E-state index in [1.54, 1.807) is 0 Å². The third-order valence-electron chi connectivity index (χ3n) is 3.96. The number of allylic oxidation sites excluding steroid dienone is 1. The van der Waals surface area contributed by atoms with Crippen LogP contribution in [0.5, 0.6) is 0 Å². The first-order valence-corrected chi connectivity index (χ1v) is 8.51. The molecule has 138 valence electrons. The summed E-state index contributed by atoms with van der Waals surface area (Å²) in [5.74, 6) is 0.716. The van der Waals surface area contributed by atoms with Crippen molar-refractivity contribution in [1.29, 1.82) is 0 Å². The van der Waals surface area contributed by atoms with Crippen LogP contribution >= 0.6 is 11.6 Å². The molecule has 0 radical (unpaired) electrons. The van der Waals surface area contributed by atoms with Crippen molar-refractivity contribution in [2.45, 2.75) is 44.7 Å². The minimum absolute atomic E-state index is 0.0277. The Morgan fingerprint density at radius 3 is 2.52 bits per heavy atom. The van der Waals surface area contributed by atoms with Crippen LogP contribution in [0.15, 0.2) is 47.6 Å². The molecule has 2 heterocycles. The predicted octanol–water partition coefficient (Wildman–Crippen LogP) is 3.89. The Balaban J connectivity index is 2.16. The van der Waals surface area contributed by atoms with Crippen molar-refractivity contribution >= 4 is 11.6 Å². The van der Waals surface area contributed by atoms with Gasteiger partial charge in [-0.05, 0) is 49.1 Å². The van der Waals surface area contributed by atoms with Gasteiger partial charge in [-0.15, -0.1) is 0 Å². The van der Waals surface area contributed by atoms with Gasteiger partial charge in [0.15, 0.2) is 5.76 Å². The summed E-state index contributed by atoms with van der Waals surface area (Å²) in [6, 6.07) is 3.05. The highest BCUT2D eigenvalue weighted by molar-refractivity contribution is 6.29. The number of ether oxygens (including phenoxy) is 1. The number of hydrogen-bond donors (Lipinski definition) is 2. The second kappa shape index (κ2) is 7.70. The normalized spacial score (nSPS) is 22.9. The van der Waals surface area contributed by atoms with Crippen LogP contribution in [0.1, 0.15) is 32.8 Å². The summed E-state index contributed by atoms with van der Waals surface area (Å²) in [5.41, 5.74) is 4.34. The largest absolute Gasteiger partial charge is 0.489 e. The number of rotatable bonds is 7. The van der Waals surface area contributed by atoms with Crippen molar-refractivity contribution in [3.05, 3.63) is 53.2 Å². The van der Waals surface area contributed by atoms with Gasteiger partial charge >= 0.3 is 0 Å². The number of aromatic nitrogens is 1. The quantitative estimate of drug-likeness (QED) is 0.714. The average molecular weight is 372 g/mol. The first-order valence-electron chi connectivity index (χ1n) is 8.14. The van der Waals surface area contributed by atoms with Gasteiger partial charge < -0.3 is 15.8 Å². The third-order valence-corrected chi connectivity index (χ3v) is 4.25. The van der Waals surface area contributed by atoms with Crippen molar-refractivity contribution in [2.24, 2.45) is 11.7 Å². The van der Waals surface area contributed by atoms with Crippen molar-refractivity contribution in [2.75, 3.05) is 6.61 Å². The Hall–Kier alpha value is -1.66. The van der Waals surface area contributed by atoms with Crippen LogP contribution < -0.4 is 11.1 Å². The molecule has 0 saturated carbocycles. The fourth-order valence-electron chi connectivity index (χ4n) is 2.96. The lowest BCUT2D eigenvalue weighted by Crippen LogP contribution is -2.48. The minimum Gasteiger partial charge on any atom is -0.489 e. The fourth-order valence-corrected chi connectivity index (χ4v) is 3.23. The minimum atomic E-state index is -2.71. The zero-order valence-electron chi connectivity index (χ0n) is 14.6. The average Bonchev–Trinajstić information content (AvgIpc) is 2.53. The molecule has 0 bridgehead atoms. The van der Waals surface area contributed by atoms with Gasteiger partial charge in [0, 0.05) is 17.9 Å². The van der Waals surface area contributed by atoms with Crippen LogP contribution in [-0.2, 0) is 10.3 Å². The highest BCUT2D eigenvalue weighted by Gasteiger charge is 2.42. The highest BCUT2D eigenvalue weighted by Crippen LogP contribution is 2.36. The van der Waals surface area contributed by atoms with Gasteiger partial charge in [-0.3, -0.25) is 4.98 Å². The molecule has 7 heteroatoms. The number of pyridine rings is 1. The zero-order valence-corrected chi connectivity index (χ0v) is 15.4. The summed E-state index contributed by atoms with van der Waals surface area (Å²) in [6.45, 7) is 6.28. The van der Waals surface area contributed by atoms with E-state index < -0.39 is 17.5 Å². The Kier molecular flexibility index (Phi) is 6.06. The smallest absolute Gasteiger partial charge is 0.269 e. The first kappa shape index (κ1) is 19.7. The van der Waals surface area contributed by atoms with E-state index in [1.165, 1.54) is 36.7 Å². The molecule has 0 amide bonds. The summed E-state index contributed by atoms with van der Waals surface area (Å²) < 4.78 is 33.3. The van der Waals surface area contributed by atoms with Gasteiger partial charge in [-0.1, -0.05) is 25.4 Å². The van der Waals surface area contributed by atoms with E-state index in [4.69, 9.17) is 22.1 Å². The molecule has 25 heavy (non-hydrogen) atoms. The predicted molar refractivity (Wildman–Crippen MR) is 95.1 cm³/mol. The Morgan fingerprint density at radius 2 is 2.00 bits per heavy atom. The van der Waals surface area contributed by atoms with Gasteiger partial charge in [-0.2, -0.15) is 0 Å². The van der Waals surface area contributed by atoms with Crippen molar-refractivity contribution in [3.8, 4) is 0 Å². The number of hydrogen-bond acceptors (Lipinski definition) is 4. The van der Waals surface area contributed by atoms with Gasteiger partial charge in [0.05, 0.1) is 0 Å². The van der Waals surface area contributed by atoms with Gasteiger partial charge in [0.25, 0.3) is 6.43 Å². The number of alkyl halides is 2. The van der Waals surface area contributed by atoms with E-state index in [9.17, 15) is 8.78 Å². The summed E-state index contributed by atoms with van der Waals surface area (Å²) in [5, 5.41) is 2.72. The van der Waals surface area contributed by atoms with Gasteiger partial charge in [0.2, 0.25) is 0 Å². The maximum absolute atomic E-state index is 13.8. The van der Waals surface area contributed by atoms with E-state index in [-0.39, 0.29) is 11.8 Å². The molecule has 2 rings (SSSR count). The van der Waals surface area contributed by atoms with Crippen molar-refractivity contribution < 1.29 is 13.5 Å². The lowest BCUT2D eigenvalue weighted by Gasteiger charge is -2.35. The maximum Gasteiger partial charge on any atom is 0.269 e. The molecule has 1 aromatic rings. The zero-order chi connectivity index (χ0) is 18.7. The SMILES string of the molecule is CC(C)CC(C)(N)COC1=C(Cl)NC(c2ccncc2)(C(F)F)C=C1. The maximum atomic E-state index is 13.8. The molecular weight excluding hydrogens is 348 g/mol. The Labute approximate surface area is 152 Å². The molecule has 2 atom stereocenters. The topological polar surface area (TPSA) is 60.2 Å². The summed E-state index contributed by atoms with van der Waals surface area (Å²) in [7, 11) is 0. The molecule has 4 nitrogen and oxygen atoms in total. The molecular formula is C18H24ClF2N3O. The molecule has 1 aliphatic heterocycles. The number of halogens is 3. The number of dihydropyridines is 1. The second-order valence-corrected chi connectivity index (χ2v) is 7.46. The van der Waals surface area contributed by atoms with Crippen molar-refractivity contribution in [1.82, 2.24) is 10.3 Å². The highest BCUT2D eigenvalue weighted by atomic mass is 35.5. The number of nitrogens with zero attached hydrogens (tertiary/aromatic N) is 1. The molecule has 2 unspecified atom stereocenters. The monoisotopic (exact) mass is 371 g/mol. The number of nitrogens with two attached hydrogens (primary N) is 1. The van der Waals surface area contributed by atoms with Gasteiger partial charge in [0.1, 0.15) is 17.3 Å². The van der Waals surface area contributed by atoms with Gasteiger partial charge in [-0.25, -0.2) is 8.78 Å². The summed E-state index contributed by atoms with van der Waals surface area (Å²) >= 11 is 6.20. The Bertz CT molecular complexity index is 647. The van der Waals surface area contributed by atoms with Crippen molar-refractivity contribution in [3.63, 3.8) is 0 Å². The summed E-state index contributed by atoms with van der Waals surface area (Å²) in [6.07, 6.45) is 3.82. The molecule has 1 aromatic heterocycles. The second-order valence-electron chi connectivity index (χ2n) is 7.08. The van der Waals surface area contributed by atoms with Crippen LogP contribution in [0.25, 0.3) is 0 Å². The molecule has 3 N–H and O–H groups in total. The first-order chi connectivity index (χ1) is 11.7. The van der Waals surface area contributed by atoms with E-state index in [0.29, 0.717) is 17.2 Å². The fraction of sp³-hybridized carbons (Fsp3) is 0.500. The standard InChI is InChI=1S/C18H24ClF2N3O/c1-12(2)10-17(3,22)11-25-14-4-7-18(16(20)21,24-15(14)19)13-5-8-23-9-6-13/h4-9,12,16,24H,10-11,22H2,1-3H3. The lowest BCUT2D eigenvalue weighted by atomic mass is 9.89. The van der Waals surface area contributed by atoms with Crippen LogP contribution in [0.2, 0.25) is 0 Å². The molecule has 0 aromatic carbocycles. The lowest BCUT2D eigenvalue weighted by molar-refractivity contribution is 0.0586.